The quantitative estimate of drug-likeness (QED) is 0.511. The molecule has 184 valence electrons. The summed E-state index contributed by atoms with van der Waals surface area (Å²) in [6.07, 6.45) is -6.20. The number of nitrogens with zero attached hydrogens (tertiary/aromatic N) is 3. The Hall–Kier alpha value is -2.40. The van der Waals surface area contributed by atoms with Crippen molar-refractivity contribution in [3.8, 4) is 0 Å². The van der Waals surface area contributed by atoms with Gasteiger partial charge in [0, 0.05) is 49.4 Å². The molecule has 0 spiro atoms. The minimum Gasteiger partial charge on any atom is -0.369 e. The number of piperidine rings is 1. The Morgan fingerprint density at radius 2 is 1.85 bits per heavy atom. The van der Waals surface area contributed by atoms with Crippen LogP contribution in [0.1, 0.15) is 18.4 Å². The zero-order chi connectivity index (χ0) is 24.8. The van der Waals surface area contributed by atoms with E-state index in [0.717, 1.165) is 18.9 Å². The first-order valence-corrected chi connectivity index (χ1v) is 10.4. The fraction of sp³-hybridized carbons (Fsp3) is 0.545. The Labute approximate surface area is 188 Å². The molecule has 33 heavy (non-hydrogen) atoms. The topological polar surface area (TPSA) is 48.5 Å². The van der Waals surface area contributed by atoms with E-state index in [-0.39, 0.29) is 30.4 Å². The van der Waals surface area contributed by atoms with Gasteiger partial charge < -0.3 is 19.9 Å². The van der Waals surface area contributed by atoms with E-state index in [9.17, 15) is 31.1 Å². The lowest BCUT2D eigenvalue weighted by Crippen LogP contribution is -2.52. The molecular weight excluding hydrogens is 450 g/mol. The molecule has 2 aromatic rings. The fourth-order valence-corrected chi connectivity index (χ4v) is 3.72. The van der Waals surface area contributed by atoms with Crippen molar-refractivity contribution >= 4 is 22.9 Å². The molecule has 0 saturated carbocycles. The van der Waals surface area contributed by atoms with E-state index in [1.54, 1.807) is 7.05 Å². The van der Waals surface area contributed by atoms with E-state index in [4.69, 9.17) is 0 Å². The van der Waals surface area contributed by atoms with Gasteiger partial charge in [-0.05, 0) is 51.8 Å². The van der Waals surface area contributed by atoms with Crippen LogP contribution in [0.5, 0.6) is 0 Å². The van der Waals surface area contributed by atoms with Crippen LogP contribution < -0.4 is 10.2 Å². The lowest BCUT2D eigenvalue weighted by Gasteiger charge is -2.40. The molecule has 2 atom stereocenters. The van der Waals surface area contributed by atoms with Crippen molar-refractivity contribution in [2.75, 3.05) is 45.7 Å². The number of fused-ring (bicyclic) bond motifs is 1. The van der Waals surface area contributed by atoms with Gasteiger partial charge in [-0.25, -0.2) is 0 Å². The lowest BCUT2D eigenvalue weighted by molar-refractivity contribution is -0.177. The highest BCUT2D eigenvalue weighted by atomic mass is 19.4. The summed E-state index contributed by atoms with van der Waals surface area (Å²) < 4.78 is 79.4. The maximum atomic E-state index is 13.3. The molecule has 5 nitrogen and oxygen atoms in total. The molecule has 1 aliphatic rings. The van der Waals surface area contributed by atoms with Crippen LogP contribution in [0.4, 0.5) is 32.0 Å². The van der Waals surface area contributed by atoms with Crippen LogP contribution in [-0.2, 0) is 11.0 Å². The SMILES string of the molecule is CN(C)CCC=O.CNC1CC(C(F)(F)F)CN(c2ccc(C(F)(F)F)c3ncccc23)C1. The number of benzene rings is 1. The lowest BCUT2D eigenvalue weighted by atomic mass is 9.92. The zero-order valence-electron chi connectivity index (χ0n) is 18.7. The first-order chi connectivity index (χ1) is 15.4. The van der Waals surface area contributed by atoms with E-state index in [1.165, 1.54) is 29.3 Å². The third-order valence-corrected chi connectivity index (χ3v) is 5.41. The predicted molar refractivity (Wildman–Crippen MR) is 115 cm³/mol. The van der Waals surface area contributed by atoms with Crippen LogP contribution in [0.25, 0.3) is 10.9 Å². The van der Waals surface area contributed by atoms with Crippen molar-refractivity contribution in [1.29, 1.82) is 0 Å². The summed E-state index contributed by atoms with van der Waals surface area (Å²) in [5.41, 5.74) is -0.825. The number of pyridine rings is 1. The van der Waals surface area contributed by atoms with Crippen LogP contribution in [0.3, 0.4) is 0 Å². The number of rotatable bonds is 5. The van der Waals surface area contributed by atoms with E-state index in [1.807, 2.05) is 19.0 Å². The minimum atomic E-state index is -4.59. The van der Waals surface area contributed by atoms with Gasteiger partial charge in [0.15, 0.2) is 0 Å². The number of alkyl halides is 6. The highest BCUT2D eigenvalue weighted by molar-refractivity contribution is 5.94. The summed E-state index contributed by atoms with van der Waals surface area (Å²) in [7, 11) is 5.47. The average Bonchev–Trinajstić information content (AvgIpc) is 2.75. The van der Waals surface area contributed by atoms with Crippen molar-refractivity contribution in [2.45, 2.75) is 31.2 Å². The van der Waals surface area contributed by atoms with Crippen LogP contribution in [0.15, 0.2) is 30.5 Å². The van der Waals surface area contributed by atoms with Crippen molar-refractivity contribution in [3.63, 3.8) is 0 Å². The van der Waals surface area contributed by atoms with Gasteiger partial charge in [-0.3, -0.25) is 4.98 Å². The molecule has 1 aliphatic heterocycles. The Kier molecular flexibility index (Phi) is 9.07. The van der Waals surface area contributed by atoms with Crippen LogP contribution in [0, 0.1) is 5.92 Å². The van der Waals surface area contributed by atoms with Gasteiger partial charge in [0.1, 0.15) is 6.29 Å². The first-order valence-electron chi connectivity index (χ1n) is 10.4. The van der Waals surface area contributed by atoms with Gasteiger partial charge >= 0.3 is 12.4 Å². The van der Waals surface area contributed by atoms with Gasteiger partial charge in [0.05, 0.1) is 17.0 Å². The summed E-state index contributed by atoms with van der Waals surface area (Å²) in [6.45, 7) is 0.846. The van der Waals surface area contributed by atoms with Crippen molar-refractivity contribution < 1.29 is 31.1 Å². The van der Waals surface area contributed by atoms with E-state index in [0.29, 0.717) is 12.1 Å². The van der Waals surface area contributed by atoms with Gasteiger partial charge in [-0.2, -0.15) is 26.3 Å². The molecule has 0 radical (unpaired) electrons. The van der Waals surface area contributed by atoms with Gasteiger partial charge in [-0.15, -0.1) is 0 Å². The largest absolute Gasteiger partial charge is 0.418 e. The zero-order valence-corrected chi connectivity index (χ0v) is 18.7. The number of nitrogens with one attached hydrogen (secondary N) is 1. The number of carbonyl (C=O) groups excluding carboxylic acids is 1. The second kappa shape index (κ2) is 11.1. The van der Waals surface area contributed by atoms with Crippen LogP contribution in [-0.4, -0.2) is 69.2 Å². The molecule has 2 unspecified atom stereocenters. The molecule has 1 saturated heterocycles. The second-order valence-electron chi connectivity index (χ2n) is 8.15. The molecule has 11 heteroatoms. The summed E-state index contributed by atoms with van der Waals surface area (Å²) in [5, 5.41) is 3.05. The van der Waals surface area contributed by atoms with E-state index >= 15 is 0 Å². The Morgan fingerprint density at radius 1 is 1.15 bits per heavy atom. The molecule has 0 amide bonds. The molecule has 0 bridgehead atoms. The first kappa shape index (κ1) is 26.8. The standard InChI is InChI=1S/C17H17F6N3.C5H11NO/c1-24-11-7-10(16(18,19)20)8-26(9-11)14-5-4-13(17(21,22)23)15-12(14)3-2-6-25-15;1-6(2)4-3-5-7/h2-6,10-11,24H,7-9H2,1H3;5H,3-4H2,1-2H3. The number of anilines is 1. The van der Waals surface area contributed by atoms with Crippen LogP contribution in [0.2, 0.25) is 0 Å². The molecule has 0 aliphatic carbocycles. The van der Waals surface area contributed by atoms with E-state index in [2.05, 4.69) is 10.3 Å². The third-order valence-electron chi connectivity index (χ3n) is 5.41. The normalized spacial score (nSPS) is 19.4. The maximum absolute atomic E-state index is 13.3. The van der Waals surface area contributed by atoms with Gasteiger partial charge in [0.25, 0.3) is 0 Å². The molecule has 1 fully saturated rings. The summed E-state index contributed by atoms with van der Waals surface area (Å²) >= 11 is 0. The molecule has 1 aromatic carbocycles. The number of likely N-dealkylation sites (N-methyl/N-ethyl adjacent to an activating group) is 1. The van der Waals surface area contributed by atoms with Crippen molar-refractivity contribution in [3.05, 3.63) is 36.0 Å². The molecule has 1 N–H and O–H groups in total. The smallest absolute Gasteiger partial charge is 0.369 e. The number of hydrogen-bond acceptors (Lipinski definition) is 5. The minimum absolute atomic E-state index is 0.0622. The number of halogens is 6. The monoisotopic (exact) mass is 478 g/mol. The maximum Gasteiger partial charge on any atom is 0.418 e. The van der Waals surface area contributed by atoms with Gasteiger partial charge in [0.2, 0.25) is 0 Å². The molecule has 3 rings (SSSR count). The van der Waals surface area contributed by atoms with Gasteiger partial charge in [-0.1, -0.05) is 0 Å². The van der Waals surface area contributed by atoms with Crippen molar-refractivity contribution in [2.24, 2.45) is 5.92 Å². The van der Waals surface area contributed by atoms with Crippen molar-refractivity contribution in [1.82, 2.24) is 15.2 Å². The number of aldehydes is 1. The van der Waals surface area contributed by atoms with E-state index < -0.39 is 29.9 Å². The predicted octanol–water partition coefficient (Wildman–Crippen LogP) is 4.37. The third kappa shape index (κ3) is 7.29. The highest BCUT2D eigenvalue weighted by Gasteiger charge is 2.44. The average molecular weight is 478 g/mol. The number of carbonyl (C=O) groups is 1. The van der Waals surface area contributed by atoms with Crippen LogP contribution >= 0.6 is 0 Å². The molecular formula is C22H28F6N4O. The fourth-order valence-electron chi connectivity index (χ4n) is 3.72. The Morgan fingerprint density at radius 3 is 2.36 bits per heavy atom. The summed E-state index contributed by atoms with van der Waals surface area (Å²) in [6, 6.07) is 4.64. The second-order valence-corrected chi connectivity index (χ2v) is 8.15. The molecule has 1 aromatic heterocycles. The molecule has 2 heterocycles. The Bertz CT molecular complexity index is 916. The Balaban J connectivity index is 0.000000479. The number of aromatic nitrogens is 1. The summed E-state index contributed by atoms with van der Waals surface area (Å²) in [4.78, 5) is 17.0. The summed E-state index contributed by atoms with van der Waals surface area (Å²) in [5.74, 6) is -1.55. The number of hydrogen-bond donors (Lipinski definition) is 1. The highest BCUT2D eigenvalue weighted by Crippen LogP contribution is 2.40.